The molecule has 1 aromatic heterocycles. The molecule has 0 radical (unpaired) electrons. The Labute approximate surface area is 158 Å². The first-order chi connectivity index (χ1) is 13.1. The standard InChI is InChI=1S/C20H22N4O3/c25-18(15-22-19(26)16-5-2-1-3-6-16)23-11-4-12-24(14-13-23)20(27)17-7-9-21-10-8-17/h1-3,5-10H,4,11-15H2,(H,22,26). The van der Waals surface area contributed by atoms with Crippen LogP contribution in [0.5, 0.6) is 0 Å². The molecule has 3 amide bonds. The molecule has 0 aliphatic carbocycles. The van der Waals surface area contributed by atoms with Crippen LogP contribution in [0.2, 0.25) is 0 Å². The number of aromatic nitrogens is 1. The van der Waals surface area contributed by atoms with Crippen LogP contribution in [0.4, 0.5) is 0 Å². The Bertz CT molecular complexity index is 795. The van der Waals surface area contributed by atoms with Crippen LogP contribution < -0.4 is 5.32 Å². The molecule has 0 saturated carbocycles. The van der Waals surface area contributed by atoms with E-state index in [1.165, 1.54) is 0 Å². The van der Waals surface area contributed by atoms with Crippen molar-refractivity contribution < 1.29 is 14.4 Å². The van der Waals surface area contributed by atoms with E-state index in [9.17, 15) is 14.4 Å². The van der Waals surface area contributed by atoms with Crippen LogP contribution in [0.3, 0.4) is 0 Å². The molecule has 1 saturated heterocycles. The Morgan fingerprint density at radius 3 is 2.26 bits per heavy atom. The minimum absolute atomic E-state index is 0.0496. The summed E-state index contributed by atoms with van der Waals surface area (Å²) in [4.78, 5) is 44.4. The Kier molecular flexibility index (Phi) is 6.14. The number of pyridine rings is 1. The Balaban J connectivity index is 1.51. The van der Waals surface area contributed by atoms with Gasteiger partial charge >= 0.3 is 0 Å². The predicted octanol–water partition coefficient (Wildman–Crippen LogP) is 1.19. The smallest absolute Gasteiger partial charge is 0.254 e. The zero-order valence-corrected chi connectivity index (χ0v) is 15.0. The lowest BCUT2D eigenvalue weighted by molar-refractivity contribution is -0.129. The summed E-state index contributed by atoms with van der Waals surface area (Å²) in [7, 11) is 0. The highest BCUT2D eigenvalue weighted by Crippen LogP contribution is 2.09. The summed E-state index contributed by atoms with van der Waals surface area (Å²) in [5, 5.41) is 2.66. The summed E-state index contributed by atoms with van der Waals surface area (Å²) in [6.07, 6.45) is 3.89. The summed E-state index contributed by atoms with van der Waals surface area (Å²) in [5.74, 6) is -0.463. The molecule has 0 bridgehead atoms. The third kappa shape index (κ3) is 4.91. The van der Waals surface area contributed by atoms with E-state index in [-0.39, 0.29) is 24.3 Å². The van der Waals surface area contributed by atoms with Crippen LogP contribution in [0.25, 0.3) is 0 Å². The van der Waals surface area contributed by atoms with Gasteiger partial charge in [0.1, 0.15) is 0 Å². The minimum atomic E-state index is -0.270. The van der Waals surface area contributed by atoms with E-state index in [2.05, 4.69) is 10.3 Å². The molecule has 140 valence electrons. The molecule has 3 rings (SSSR count). The van der Waals surface area contributed by atoms with E-state index in [4.69, 9.17) is 0 Å². The number of amides is 3. The summed E-state index contributed by atoms with van der Waals surface area (Å²) < 4.78 is 0. The zero-order chi connectivity index (χ0) is 19.1. The maximum atomic E-state index is 12.5. The Morgan fingerprint density at radius 1 is 0.852 bits per heavy atom. The van der Waals surface area contributed by atoms with E-state index < -0.39 is 0 Å². The van der Waals surface area contributed by atoms with Crippen molar-refractivity contribution in [2.24, 2.45) is 0 Å². The highest BCUT2D eigenvalue weighted by molar-refractivity contribution is 5.96. The van der Waals surface area contributed by atoms with E-state index in [0.29, 0.717) is 43.7 Å². The van der Waals surface area contributed by atoms with Crippen LogP contribution in [0, 0.1) is 0 Å². The minimum Gasteiger partial charge on any atom is -0.343 e. The largest absolute Gasteiger partial charge is 0.343 e. The molecule has 1 fully saturated rings. The molecule has 1 aromatic carbocycles. The van der Waals surface area contributed by atoms with Gasteiger partial charge in [-0.15, -0.1) is 0 Å². The molecular weight excluding hydrogens is 344 g/mol. The fourth-order valence-electron chi connectivity index (χ4n) is 3.01. The number of carbonyl (C=O) groups is 3. The normalized spacial score (nSPS) is 14.4. The van der Waals surface area contributed by atoms with Crippen molar-refractivity contribution in [1.82, 2.24) is 20.1 Å². The molecule has 1 aliphatic heterocycles. The predicted molar refractivity (Wildman–Crippen MR) is 100 cm³/mol. The van der Waals surface area contributed by atoms with Crippen molar-refractivity contribution in [2.75, 3.05) is 32.7 Å². The van der Waals surface area contributed by atoms with E-state index in [1.54, 1.807) is 58.6 Å². The van der Waals surface area contributed by atoms with Crippen LogP contribution in [0.1, 0.15) is 27.1 Å². The third-order valence-corrected chi connectivity index (χ3v) is 4.50. The number of nitrogens with zero attached hydrogens (tertiary/aromatic N) is 3. The second-order valence-corrected chi connectivity index (χ2v) is 6.31. The van der Waals surface area contributed by atoms with Crippen LogP contribution in [0.15, 0.2) is 54.9 Å². The van der Waals surface area contributed by atoms with E-state index >= 15 is 0 Å². The zero-order valence-electron chi connectivity index (χ0n) is 15.0. The van der Waals surface area contributed by atoms with Crippen molar-refractivity contribution in [1.29, 1.82) is 0 Å². The van der Waals surface area contributed by atoms with E-state index in [0.717, 1.165) is 0 Å². The number of nitrogens with one attached hydrogen (secondary N) is 1. The average molecular weight is 366 g/mol. The van der Waals surface area contributed by atoms with Gasteiger partial charge in [-0.25, -0.2) is 0 Å². The molecule has 0 atom stereocenters. The molecule has 2 heterocycles. The second-order valence-electron chi connectivity index (χ2n) is 6.31. The lowest BCUT2D eigenvalue weighted by Crippen LogP contribution is -2.42. The van der Waals surface area contributed by atoms with Crippen molar-refractivity contribution in [3.05, 3.63) is 66.0 Å². The van der Waals surface area contributed by atoms with Gasteiger partial charge in [0.25, 0.3) is 11.8 Å². The molecule has 2 aromatic rings. The number of hydrogen-bond donors (Lipinski definition) is 1. The fraction of sp³-hybridized carbons (Fsp3) is 0.300. The van der Waals surface area contributed by atoms with Gasteiger partial charge in [0.2, 0.25) is 5.91 Å². The highest BCUT2D eigenvalue weighted by Gasteiger charge is 2.23. The summed E-state index contributed by atoms with van der Waals surface area (Å²) in [5.41, 5.74) is 1.12. The fourth-order valence-corrected chi connectivity index (χ4v) is 3.01. The first-order valence-electron chi connectivity index (χ1n) is 8.95. The SMILES string of the molecule is O=C(NCC(=O)N1CCCN(C(=O)c2ccncc2)CC1)c1ccccc1. The van der Waals surface area contributed by atoms with Gasteiger partial charge in [-0.2, -0.15) is 0 Å². The summed E-state index contributed by atoms with van der Waals surface area (Å²) in [6.45, 7) is 2.05. The Morgan fingerprint density at radius 2 is 1.52 bits per heavy atom. The van der Waals surface area contributed by atoms with E-state index in [1.807, 2.05) is 6.07 Å². The lowest BCUT2D eigenvalue weighted by Gasteiger charge is -2.22. The highest BCUT2D eigenvalue weighted by atomic mass is 16.2. The van der Waals surface area contributed by atoms with Crippen LogP contribution in [-0.2, 0) is 4.79 Å². The van der Waals surface area contributed by atoms with Gasteiger partial charge in [0, 0.05) is 49.7 Å². The quantitative estimate of drug-likeness (QED) is 0.881. The monoisotopic (exact) mass is 366 g/mol. The maximum Gasteiger partial charge on any atom is 0.254 e. The maximum absolute atomic E-state index is 12.5. The molecule has 0 unspecified atom stereocenters. The van der Waals surface area contributed by atoms with Gasteiger partial charge < -0.3 is 15.1 Å². The molecule has 1 aliphatic rings. The van der Waals surface area contributed by atoms with Gasteiger partial charge in [0.05, 0.1) is 6.54 Å². The van der Waals surface area contributed by atoms with Crippen molar-refractivity contribution in [3.63, 3.8) is 0 Å². The summed E-state index contributed by atoms with van der Waals surface area (Å²) in [6, 6.07) is 12.2. The van der Waals surface area contributed by atoms with Gasteiger partial charge in [0.15, 0.2) is 0 Å². The van der Waals surface area contributed by atoms with Crippen molar-refractivity contribution in [3.8, 4) is 0 Å². The van der Waals surface area contributed by atoms with Crippen molar-refractivity contribution >= 4 is 17.7 Å². The second kappa shape index (κ2) is 8.93. The van der Waals surface area contributed by atoms with Crippen molar-refractivity contribution in [2.45, 2.75) is 6.42 Å². The number of hydrogen-bond acceptors (Lipinski definition) is 4. The lowest BCUT2D eigenvalue weighted by atomic mass is 10.2. The number of rotatable bonds is 4. The molecule has 1 N–H and O–H groups in total. The Hall–Kier alpha value is -3.22. The number of benzene rings is 1. The molecule has 7 nitrogen and oxygen atoms in total. The summed E-state index contributed by atoms with van der Waals surface area (Å²) >= 11 is 0. The van der Waals surface area contributed by atoms with Gasteiger partial charge in [-0.3, -0.25) is 19.4 Å². The molecule has 0 spiro atoms. The molecular formula is C20H22N4O3. The first kappa shape index (κ1) is 18.6. The van der Waals surface area contributed by atoms with Gasteiger partial charge in [-0.1, -0.05) is 18.2 Å². The van der Waals surface area contributed by atoms with Crippen LogP contribution >= 0.6 is 0 Å². The molecule has 7 heteroatoms. The third-order valence-electron chi connectivity index (χ3n) is 4.50. The average Bonchev–Trinajstić information content (AvgIpc) is 2.99. The number of carbonyl (C=O) groups excluding carboxylic acids is 3. The van der Waals surface area contributed by atoms with Gasteiger partial charge in [-0.05, 0) is 30.7 Å². The first-order valence-corrected chi connectivity index (χ1v) is 8.95. The molecule has 27 heavy (non-hydrogen) atoms. The topological polar surface area (TPSA) is 82.6 Å². The van der Waals surface area contributed by atoms with Crippen LogP contribution in [-0.4, -0.2) is 65.2 Å².